The van der Waals surface area contributed by atoms with Gasteiger partial charge in [0, 0.05) is 17.7 Å². The molecule has 0 aliphatic rings. The van der Waals surface area contributed by atoms with E-state index in [0.717, 1.165) is 5.69 Å². The second kappa shape index (κ2) is 6.74. The maximum absolute atomic E-state index is 4.72. The van der Waals surface area contributed by atoms with Crippen LogP contribution in [-0.2, 0) is 0 Å². The average molecular weight is 332 g/mol. The summed E-state index contributed by atoms with van der Waals surface area (Å²) in [7, 11) is -1.29. The smallest absolute Gasteiger partial charge is 0.0796 e. The maximum Gasteiger partial charge on any atom is 0.0796 e. The molecule has 0 N–H and O–H groups in total. The van der Waals surface area contributed by atoms with Crippen molar-refractivity contribution < 1.29 is 0 Å². The van der Waals surface area contributed by atoms with E-state index >= 15 is 0 Å². The van der Waals surface area contributed by atoms with Crippen molar-refractivity contribution in [3.8, 4) is 11.3 Å². The van der Waals surface area contributed by atoms with E-state index in [0.29, 0.717) is 5.92 Å². The first-order valence-electron chi connectivity index (χ1n) is 8.57. The van der Waals surface area contributed by atoms with Crippen molar-refractivity contribution in [1.82, 2.24) is 4.98 Å². The second-order valence-electron chi connectivity index (χ2n) is 7.44. The zero-order chi connectivity index (χ0) is 17.2. The normalized spacial score (nSPS) is 12.8. The molecular weight excluding hydrogens is 306 g/mol. The molecule has 0 saturated heterocycles. The standard InChI is InChI=1S/C22H25NSi/c1-17(18-9-6-5-7-10-18)19-11-8-12-20(15-19)22-14-13-21(16-23-22)24(2,3)4/h5-17H,1-4H3. The van der Waals surface area contributed by atoms with Crippen molar-refractivity contribution in [2.45, 2.75) is 32.5 Å². The van der Waals surface area contributed by atoms with E-state index in [1.165, 1.54) is 21.9 Å². The van der Waals surface area contributed by atoms with E-state index in [9.17, 15) is 0 Å². The summed E-state index contributed by atoms with van der Waals surface area (Å²) in [5.41, 5.74) is 4.92. The number of hydrogen-bond donors (Lipinski definition) is 0. The number of nitrogens with zero attached hydrogens (tertiary/aromatic N) is 1. The Hall–Kier alpha value is -2.19. The van der Waals surface area contributed by atoms with E-state index in [1.807, 2.05) is 0 Å². The first-order chi connectivity index (χ1) is 11.4. The molecule has 0 spiro atoms. The third-order valence-electron chi connectivity index (χ3n) is 4.61. The topological polar surface area (TPSA) is 12.9 Å². The lowest BCUT2D eigenvalue weighted by Crippen LogP contribution is -2.37. The zero-order valence-electron chi connectivity index (χ0n) is 15.0. The van der Waals surface area contributed by atoms with Crippen LogP contribution in [0.15, 0.2) is 72.9 Å². The van der Waals surface area contributed by atoms with Crippen molar-refractivity contribution in [2.24, 2.45) is 0 Å². The summed E-state index contributed by atoms with van der Waals surface area (Å²) in [6.45, 7) is 9.32. The lowest BCUT2D eigenvalue weighted by atomic mass is 9.92. The fourth-order valence-corrected chi connectivity index (χ4v) is 3.94. The Bertz CT molecular complexity index is 801. The Morgan fingerprint density at radius 3 is 2.12 bits per heavy atom. The summed E-state index contributed by atoms with van der Waals surface area (Å²) >= 11 is 0. The van der Waals surface area contributed by atoms with Crippen LogP contribution in [0, 0.1) is 0 Å². The fourth-order valence-electron chi connectivity index (χ4n) is 2.91. The van der Waals surface area contributed by atoms with Gasteiger partial charge in [-0.1, -0.05) is 81.2 Å². The molecule has 122 valence electrons. The number of rotatable bonds is 4. The molecule has 2 heteroatoms. The molecule has 0 aliphatic heterocycles. The number of pyridine rings is 1. The lowest BCUT2D eigenvalue weighted by Gasteiger charge is -2.17. The molecule has 0 aliphatic carbocycles. The quantitative estimate of drug-likeness (QED) is 0.580. The number of hydrogen-bond acceptors (Lipinski definition) is 1. The van der Waals surface area contributed by atoms with Gasteiger partial charge in [-0.3, -0.25) is 4.98 Å². The third-order valence-corrected chi connectivity index (χ3v) is 6.64. The van der Waals surface area contributed by atoms with Crippen LogP contribution in [0.1, 0.15) is 24.0 Å². The Morgan fingerprint density at radius 1 is 0.792 bits per heavy atom. The molecule has 1 aromatic heterocycles. The minimum atomic E-state index is -1.29. The van der Waals surface area contributed by atoms with Crippen molar-refractivity contribution >= 4 is 13.3 Å². The predicted octanol–water partition coefficient (Wildman–Crippen LogP) is 5.45. The van der Waals surface area contributed by atoms with Gasteiger partial charge in [-0.25, -0.2) is 0 Å². The Kier molecular flexibility index (Phi) is 4.68. The summed E-state index contributed by atoms with van der Waals surface area (Å²) in [6, 6.07) is 23.8. The molecule has 0 amide bonds. The molecule has 2 aromatic carbocycles. The highest BCUT2D eigenvalue weighted by molar-refractivity contribution is 6.88. The molecule has 0 saturated carbocycles. The lowest BCUT2D eigenvalue weighted by molar-refractivity contribution is 0.923. The van der Waals surface area contributed by atoms with Crippen molar-refractivity contribution in [2.75, 3.05) is 0 Å². The fraction of sp³-hybridized carbons (Fsp3) is 0.227. The van der Waals surface area contributed by atoms with E-state index in [2.05, 4.69) is 99.5 Å². The van der Waals surface area contributed by atoms with Gasteiger partial charge in [0.1, 0.15) is 0 Å². The van der Waals surface area contributed by atoms with E-state index in [1.54, 1.807) is 0 Å². The van der Waals surface area contributed by atoms with Gasteiger partial charge in [-0.2, -0.15) is 0 Å². The molecule has 1 heterocycles. The summed E-state index contributed by atoms with van der Waals surface area (Å²) in [6.07, 6.45) is 2.06. The van der Waals surface area contributed by atoms with Gasteiger partial charge in [0.25, 0.3) is 0 Å². The largest absolute Gasteiger partial charge is 0.256 e. The van der Waals surface area contributed by atoms with Crippen LogP contribution in [0.3, 0.4) is 0 Å². The summed E-state index contributed by atoms with van der Waals surface area (Å²) in [4.78, 5) is 4.72. The average Bonchev–Trinajstić information content (AvgIpc) is 2.61. The molecule has 1 unspecified atom stereocenters. The van der Waals surface area contributed by atoms with E-state index in [-0.39, 0.29) is 0 Å². The Labute approximate surface area is 146 Å². The predicted molar refractivity (Wildman–Crippen MR) is 107 cm³/mol. The van der Waals surface area contributed by atoms with Crippen LogP contribution in [0.25, 0.3) is 11.3 Å². The van der Waals surface area contributed by atoms with Crippen LogP contribution in [0.5, 0.6) is 0 Å². The summed E-state index contributed by atoms with van der Waals surface area (Å²) in [5, 5.41) is 1.40. The van der Waals surface area contributed by atoms with Crippen LogP contribution >= 0.6 is 0 Å². The molecule has 3 rings (SSSR count). The van der Waals surface area contributed by atoms with Gasteiger partial charge < -0.3 is 0 Å². The SMILES string of the molecule is CC(c1ccccc1)c1cccc(-c2ccc([Si](C)(C)C)cn2)c1. The third kappa shape index (κ3) is 3.65. The number of benzene rings is 2. The van der Waals surface area contributed by atoms with Crippen LogP contribution in [0.4, 0.5) is 0 Å². The molecule has 0 bridgehead atoms. The van der Waals surface area contributed by atoms with Crippen molar-refractivity contribution in [1.29, 1.82) is 0 Å². The van der Waals surface area contributed by atoms with Gasteiger partial charge in [-0.05, 0) is 28.4 Å². The first kappa shape index (κ1) is 16.7. The van der Waals surface area contributed by atoms with Gasteiger partial charge in [0.05, 0.1) is 13.8 Å². The molecule has 1 nitrogen and oxygen atoms in total. The minimum Gasteiger partial charge on any atom is -0.256 e. The maximum atomic E-state index is 4.72. The molecule has 24 heavy (non-hydrogen) atoms. The molecular formula is C22H25NSi. The molecule has 0 fully saturated rings. The van der Waals surface area contributed by atoms with Crippen LogP contribution < -0.4 is 5.19 Å². The van der Waals surface area contributed by atoms with Gasteiger partial charge in [0.15, 0.2) is 0 Å². The highest BCUT2D eigenvalue weighted by atomic mass is 28.3. The summed E-state index contributed by atoms with van der Waals surface area (Å²) in [5.74, 6) is 0.382. The highest BCUT2D eigenvalue weighted by Crippen LogP contribution is 2.27. The van der Waals surface area contributed by atoms with Gasteiger partial charge >= 0.3 is 0 Å². The van der Waals surface area contributed by atoms with Gasteiger partial charge in [0.2, 0.25) is 0 Å². The van der Waals surface area contributed by atoms with E-state index < -0.39 is 8.07 Å². The Morgan fingerprint density at radius 2 is 1.50 bits per heavy atom. The van der Waals surface area contributed by atoms with Crippen LogP contribution in [-0.4, -0.2) is 13.1 Å². The molecule has 1 atom stereocenters. The summed E-state index contributed by atoms with van der Waals surface area (Å²) < 4.78 is 0. The zero-order valence-corrected chi connectivity index (χ0v) is 16.0. The van der Waals surface area contributed by atoms with E-state index in [4.69, 9.17) is 4.98 Å². The molecule has 3 aromatic rings. The van der Waals surface area contributed by atoms with Crippen molar-refractivity contribution in [3.05, 3.63) is 84.1 Å². The highest BCUT2D eigenvalue weighted by Gasteiger charge is 2.16. The molecule has 0 radical (unpaired) electrons. The monoisotopic (exact) mass is 331 g/mol. The van der Waals surface area contributed by atoms with Gasteiger partial charge in [-0.15, -0.1) is 0 Å². The number of aromatic nitrogens is 1. The first-order valence-corrected chi connectivity index (χ1v) is 12.1. The van der Waals surface area contributed by atoms with Crippen LogP contribution in [0.2, 0.25) is 19.6 Å². The van der Waals surface area contributed by atoms with Crippen molar-refractivity contribution in [3.63, 3.8) is 0 Å². The Balaban J connectivity index is 1.91. The second-order valence-corrected chi connectivity index (χ2v) is 12.5. The minimum absolute atomic E-state index is 0.382.